The molecule has 3 rings (SSSR count). The van der Waals surface area contributed by atoms with Crippen LogP contribution in [0, 0.1) is 5.92 Å². The lowest BCUT2D eigenvalue weighted by Gasteiger charge is -2.32. The molecule has 1 aliphatic carbocycles. The van der Waals surface area contributed by atoms with E-state index in [9.17, 15) is 9.59 Å². The molecule has 1 heterocycles. The largest absolute Gasteiger partial charge is 0.372 e. The van der Waals surface area contributed by atoms with Crippen LogP contribution in [0.5, 0.6) is 0 Å². The standard InChI is InChI=1S/C20H29N3O2/c1-15-9-12-22(13-10-15)18-5-7-19(8-6-18)23(16(2)24)14-11-20(25)21-17-3-4-17/h5-8,15,17H,3-4,9-14H2,1-2H3,(H,21,25). The zero-order valence-electron chi connectivity index (χ0n) is 15.3. The molecule has 1 aliphatic heterocycles. The molecule has 2 aliphatic rings. The first-order valence-electron chi connectivity index (χ1n) is 9.45. The Morgan fingerprint density at radius 3 is 2.32 bits per heavy atom. The van der Waals surface area contributed by atoms with Gasteiger partial charge in [0.2, 0.25) is 11.8 Å². The van der Waals surface area contributed by atoms with Crippen molar-refractivity contribution in [3.8, 4) is 0 Å². The van der Waals surface area contributed by atoms with Gasteiger partial charge >= 0.3 is 0 Å². The summed E-state index contributed by atoms with van der Waals surface area (Å²) in [6, 6.07) is 8.53. The number of benzene rings is 1. The molecule has 136 valence electrons. The maximum absolute atomic E-state index is 12.0. The zero-order chi connectivity index (χ0) is 17.8. The van der Waals surface area contributed by atoms with Crippen LogP contribution in [0.3, 0.4) is 0 Å². The van der Waals surface area contributed by atoms with Crippen LogP contribution in [-0.2, 0) is 9.59 Å². The highest BCUT2D eigenvalue weighted by Gasteiger charge is 2.23. The molecule has 5 heteroatoms. The number of nitrogens with zero attached hydrogens (tertiary/aromatic N) is 2. The summed E-state index contributed by atoms with van der Waals surface area (Å²) in [6.45, 7) is 6.48. The fraction of sp³-hybridized carbons (Fsp3) is 0.600. The van der Waals surface area contributed by atoms with Gasteiger partial charge in [-0.15, -0.1) is 0 Å². The Labute approximate surface area is 150 Å². The summed E-state index contributed by atoms with van der Waals surface area (Å²) in [5.74, 6) is 0.817. The number of carbonyl (C=O) groups is 2. The Morgan fingerprint density at radius 2 is 1.76 bits per heavy atom. The van der Waals surface area contributed by atoms with Gasteiger partial charge in [-0.3, -0.25) is 9.59 Å². The minimum absolute atomic E-state index is 0.0289. The molecule has 2 amide bonds. The summed E-state index contributed by atoms with van der Waals surface area (Å²) < 4.78 is 0. The van der Waals surface area contributed by atoms with Crippen LogP contribution in [0.25, 0.3) is 0 Å². The molecule has 1 saturated carbocycles. The van der Waals surface area contributed by atoms with E-state index in [-0.39, 0.29) is 11.8 Å². The van der Waals surface area contributed by atoms with Gasteiger partial charge in [-0.25, -0.2) is 0 Å². The third-order valence-corrected chi connectivity index (χ3v) is 5.20. The van der Waals surface area contributed by atoms with Gasteiger partial charge in [-0.2, -0.15) is 0 Å². The smallest absolute Gasteiger partial charge is 0.223 e. The second-order valence-electron chi connectivity index (χ2n) is 7.45. The fourth-order valence-electron chi connectivity index (χ4n) is 3.32. The van der Waals surface area contributed by atoms with Crippen molar-refractivity contribution in [1.29, 1.82) is 0 Å². The van der Waals surface area contributed by atoms with Gasteiger partial charge in [0, 0.05) is 50.4 Å². The van der Waals surface area contributed by atoms with Crippen molar-refractivity contribution in [3.63, 3.8) is 0 Å². The van der Waals surface area contributed by atoms with Crippen LogP contribution in [0.4, 0.5) is 11.4 Å². The van der Waals surface area contributed by atoms with Crippen LogP contribution >= 0.6 is 0 Å². The molecule has 25 heavy (non-hydrogen) atoms. The van der Waals surface area contributed by atoms with Crippen molar-refractivity contribution in [3.05, 3.63) is 24.3 Å². The molecular weight excluding hydrogens is 314 g/mol. The Morgan fingerprint density at radius 1 is 1.12 bits per heavy atom. The van der Waals surface area contributed by atoms with E-state index in [1.165, 1.54) is 18.5 Å². The van der Waals surface area contributed by atoms with E-state index in [1.54, 1.807) is 11.8 Å². The van der Waals surface area contributed by atoms with Gasteiger partial charge in [0.25, 0.3) is 0 Å². The number of nitrogens with one attached hydrogen (secondary N) is 1. The lowest BCUT2D eigenvalue weighted by molar-refractivity contribution is -0.121. The van der Waals surface area contributed by atoms with Gasteiger partial charge in [-0.05, 0) is 55.9 Å². The topological polar surface area (TPSA) is 52.7 Å². The molecule has 1 N–H and O–H groups in total. The maximum atomic E-state index is 12.0. The third-order valence-electron chi connectivity index (χ3n) is 5.20. The van der Waals surface area contributed by atoms with E-state index in [4.69, 9.17) is 0 Å². The molecule has 0 atom stereocenters. The van der Waals surface area contributed by atoms with E-state index < -0.39 is 0 Å². The molecular formula is C20H29N3O2. The molecule has 1 saturated heterocycles. The lowest BCUT2D eigenvalue weighted by Crippen LogP contribution is -2.35. The first-order valence-corrected chi connectivity index (χ1v) is 9.45. The van der Waals surface area contributed by atoms with Crippen molar-refractivity contribution in [2.24, 2.45) is 5.92 Å². The minimum Gasteiger partial charge on any atom is -0.372 e. The molecule has 0 radical (unpaired) electrons. The Kier molecular flexibility index (Phi) is 5.61. The highest BCUT2D eigenvalue weighted by Crippen LogP contribution is 2.26. The number of rotatable bonds is 6. The first kappa shape index (κ1) is 17.8. The molecule has 1 aromatic carbocycles. The van der Waals surface area contributed by atoms with Crippen molar-refractivity contribution in [1.82, 2.24) is 5.32 Å². The summed E-state index contributed by atoms with van der Waals surface area (Å²) in [7, 11) is 0. The maximum Gasteiger partial charge on any atom is 0.223 e. The van der Waals surface area contributed by atoms with Crippen molar-refractivity contribution in [2.45, 2.75) is 52.0 Å². The van der Waals surface area contributed by atoms with Crippen LogP contribution < -0.4 is 15.1 Å². The second-order valence-corrected chi connectivity index (χ2v) is 7.45. The number of amides is 2. The van der Waals surface area contributed by atoms with Crippen LogP contribution in [-0.4, -0.2) is 37.5 Å². The predicted molar refractivity (Wildman–Crippen MR) is 101 cm³/mol. The summed E-state index contributed by atoms with van der Waals surface area (Å²) in [5, 5.41) is 2.97. The summed E-state index contributed by atoms with van der Waals surface area (Å²) in [6.07, 6.45) is 4.98. The quantitative estimate of drug-likeness (QED) is 0.864. The molecule has 0 spiro atoms. The van der Waals surface area contributed by atoms with Gasteiger partial charge < -0.3 is 15.1 Å². The average molecular weight is 343 g/mol. The van der Waals surface area contributed by atoms with Gasteiger partial charge in [0.15, 0.2) is 0 Å². The van der Waals surface area contributed by atoms with Crippen molar-refractivity contribution in [2.75, 3.05) is 29.4 Å². The average Bonchev–Trinajstić information content (AvgIpc) is 3.40. The summed E-state index contributed by atoms with van der Waals surface area (Å²) in [4.78, 5) is 28.0. The van der Waals surface area contributed by atoms with E-state index >= 15 is 0 Å². The number of piperidine rings is 1. The lowest BCUT2D eigenvalue weighted by atomic mass is 9.99. The van der Waals surface area contributed by atoms with Crippen molar-refractivity contribution < 1.29 is 9.59 Å². The molecule has 2 fully saturated rings. The highest BCUT2D eigenvalue weighted by atomic mass is 16.2. The van der Waals surface area contributed by atoms with Crippen LogP contribution in [0.1, 0.15) is 46.0 Å². The van der Waals surface area contributed by atoms with E-state index in [1.807, 2.05) is 12.1 Å². The van der Waals surface area contributed by atoms with E-state index in [0.29, 0.717) is 19.0 Å². The Balaban J connectivity index is 1.59. The number of anilines is 2. The minimum atomic E-state index is -0.0289. The second kappa shape index (κ2) is 7.89. The van der Waals surface area contributed by atoms with Crippen molar-refractivity contribution >= 4 is 23.2 Å². The molecule has 0 bridgehead atoms. The Hall–Kier alpha value is -2.04. The molecule has 0 unspecified atom stereocenters. The Bertz CT molecular complexity index is 602. The number of carbonyl (C=O) groups excluding carboxylic acids is 2. The monoisotopic (exact) mass is 343 g/mol. The van der Waals surface area contributed by atoms with Crippen LogP contribution in [0.2, 0.25) is 0 Å². The predicted octanol–water partition coefficient (Wildman–Crippen LogP) is 2.94. The first-order chi connectivity index (χ1) is 12.0. The molecule has 0 aromatic heterocycles. The number of hydrogen-bond donors (Lipinski definition) is 1. The van der Waals surface area contributed by atoms with E-state index in [2.05, 4.69) is 29.3 Å². The van der Waals surface area contributed by atoms with Gasteiger partial charge in [-0.1, -0.05) is 6.92 Å². The molecule has 1 aromatic rings. The highest BCUT2D eigenvalue weighted by molar-refractivity contribution is 5.92. The van der Waals surface area contributed by atoms with Gasteiger partial charge in [0.1, 0.15) is 0 Å². The summed E-state index contributed by atoms with van der Waals surface area (Å²) >= 11 is 0. The fourth-order valence-corrected chi connectivity index (χ4v) is 3.32. The van der Waals surface area contributed by atoms with Gasteiger partial charge in [0.05, 0.1) is 0 Å². The number of hydrogen-bond acceptors (Lipinski definition) is 3. The van der Waals surface area contributed by atoms with Crippen LogP contribution in [0.15, 0.2) is 24.3 Å². The normalized spacial score (nSPS) is 18.1. The third kappa shape index (κ3) is 4.97. The zero-order valence-corrected chi connectivity index (χ0v) is 15.3. The summed E-state index contributed by atoms with van der Waals surface area (Å²) in [5.41, 5.74) is 2.08. The molecule has 5 nitrogen and oxygen atoms in total. The van der Waals surface area contributed by atoms with E-state index in [0.717, 1.165) is 37.5 Å². The SMILES string of the molecule is CC(=O)N(CCC(=O)NC1CC1)c1ccc(N2CCC(C)CC2)cc1.